The smallest absolute Gasteiger partial charge is 0.322 e. The second-order valence-corrected chi connectivity index (χ2v) is 3.75. The van der Waals surface area contributed by atoms with Crippen molar-refractivity contribution in [2.45, 2.75) is 0 Å². The Kier molecular flexibility index (Phi) is 3.47. The molecule has 0 aliphatic rings. The van der Waals surface area contributed by atoms with Gasteiger partial charge in [0.15, 0.2) is 0 Å². The van der Waals surface area contributed by atoms with E-state index in [9.17, 15) is 9.59 Å². The molecule has 2 aromatic rings. The molecular formula is C12H13N3O3. The van der Waals surface area contributed by atoms with Crippen molar-refractivity contribution in [1.29, 1.82) is 0 Å². The minimum absolute atomic E-state index is 0.0198. The molecule has 1 aromatic carbocycles. The predicted molar refractivity (Wildman–Crippen MR) is 66.8 cm³/mol. The predicted octanol–water partition coefficient (Wildman–Crippen LogP) is 0.386. The van der Waals surface area contributed by atoms with Crippen molar-refractivity contribution in [2.75, 3.05) is 18.5 Å². The van der Waals surface area contributed by atoms with Crippen molar-refractivity contribution >= 4 is 22.8 Å². The molecule has 0 aliphatic carbocycles. The second kappa shape index (κ2) is 5.22. The SMILES string of the molecule is O=C(O)CNC(=O)CNn1ccc2ccccc21. The number of para-hydroxylation sites is 1. The Bertz CT molecular complexity index is 577. The molecule has 0 unspecified atom stereocenters. The molecule has 0 atom stereocenters. The molecule has 3 N–H and O–H groups in total. The first kappa shape index (κ1) is 12.0. The van der Waals surface area contributed by atoms with E-state index in [1.54, 1.807) is 4.68 Å². The van der Waals surface area contributed by atoms with Gasteiger partial charge in [0.1, 0.15) is 13.1 Å². The van der Waals surface area contributed by atoms with Crippen LogP contribution in [0.2, 0.25) is 0 Å². The van der Waals surface area contributed by atoms with E-state index in [4.69, 9.17) is 5.11 Å². The summed E-state index contributed by atoms with van der Waals surface area (Å²) in [6.45, 7) is -0.348. The lowest BCUT2D eigenvalue weighted by Gasteiger charge is -2.08. The van der Waals surface area contributed by atoms with E-state index in [0.717, 1.165) is 10.9 Å². The van der Waals surface area contributed by atoms with Crippen molar-refractivity contribution in [3.8, 4) is 0 Å². The third kappa shape index (κ3) is 2.79. The van der Waals surface area contributed by atoms with Crippen molar-refractivity contribution in [3.05, 3.63) is 36.5 Å². The minimum atomic E-state index is -1.06. The van der Waals surface area contributed by atoms with Crippen LogP contribution >= 0.6 is 0 Å². The molecule has 0 aliphatic heterocycles. The molecule has 1 heterocycles. The Morgan fingerprint density at radius 2 is 1.94 bits per heavy atom. The maximum atomic E-state index is 11.3. The van der Waals surface area contributed by atoms with Crippen LogP contribution in [0.4, 0.5) is 0 Å². The van der Waals surface area contributed by atoms with Crippen LogP contribution in [0.5, 0.6) is 0 Å². The number of nitrogens with zero attached hydrogens (tertiary/aromatic N) is 1. The fraction of sp³-hybridized carbons (Fsp3) is 0.167. The van der Waals surface area contributed by atoms with Crippen LogP contribution in [-0.2, 0) is 9.59 Å². The highest BCUT2D eigenvalue weighted by Crippen LogP contribution is 2.12. The maximum Gasteiger partial charge on any atom is 0.322 e. The zero-order valence-corrected chi connectivity index (χ0v) is 9.59. The monoisotopic (exact) mass is 247 g/mol. The zero-order chi connectivity index (χ0) is 13.0. The third-order valence-electron chi connectivity index (χ3n) is 2.45. The summed E-state index contributed by atoms with van der Waals surface area (Å²) in [5.41, 5.74) is 3.86. The molecule has 6 heteroatoms. The van der Waals surface area contributed by atoms with Gasteiger partial charge in [-0.05, 0) is 12.1 Å². The maximum absolute atomic E-state index is 11.3. The molecule has 0 saturated carbocycles. The van der Waals surface area contributed by atoms with Crippen LogP contribution in [0, 0.1) is 0 Å². The van der Waals surface area contributed by atoms with Gasteiger partial charge < -0.3 is 15.8 Å². The lowest BCUT2D eigenvalue weighted by atomic mass is 10.3. The molecular weight excluding hydrogens is 234 g/mol. The van der Waals surface area contributed by atoms with E-state index in [2.05, 4.69) is 10.7 Å². The van der Waals surface area contributed by atoms with Gasteiger partial charge in [-0.25, -0.2) is 0 Å². The van der Waals surface area contributed by atoms with Crippen LogP contribution in [0.3, 0.4) is 0 Å². The number of carboxylic acids is 1. The highest BCUT2D eigenvalue weighted by atomic mass is 16.4. The quantitative estimate of drug-likeness (QED) is 0.713. The number of nitrogens with one attached hydrogen (secondary N) is 2. The van der Waals surface area contributed by atoms with Gasteiger partial charge in [0.2, 0.25) is 5.91 Å². The van der Waals surface area contributed by atoms with Gasteiger partial charge in [-0.15, -0.1) is 0 Å². The average molecular weight is 247 g/mol. The molecule has 0 bridgehead atoms. The number of benzene rings is 1. The van der Waals surface area contributed by atoms with Gasteiger partial charge >= 0.3 is 5.97 Å². The van der Waals surface area contributed by atoms with E-state index in [0.29, 0.717) is 0 Å². The van der Waals surface area contributed by atoms with Crippen molar-refractivity contribution in [3.63, 3.8) is 0 Å². The first-order valence-corrected chi connectivity index (χ1v) is 5.45. The van der Waals surface area contributed by atoms with E-state index in [1.807, 2.05) is 36.5 Å². The number of carbonyl (C=O) groups is 2. The summed E-state index contributed by atoms with van der Waals surface area (Å²) < 4.78 is 1.73. The van der Waals surface area contributed by atoms with Crippen molar-refractivity contribution < 1.29 is 14.7 Å². The number of amides is 1. The molecule has 94 valence electrons. The Morgan fingerprint density at radius 3 is 2.72 bits per heavy atom. The number of hydrogen-bond acceptors (Lipinski definition) is 3. The number of rotatable bonds is 5. The Balaban J connectivity index is 1.94. The molecule has 0 radical (unpaired) electrons. The summed E-state index contributed by atoms with van der Waals surface area (Å²) in [5, 5.41) is 11.8. The molecule has 0 fully saturated rings. The standard InChI is InChI=1S/C12H13N3O3/c16-11(13-8-12(17)18)7-14-15-6-5-9-3-1-2-4-10(9)15/h1-6,14H,7-8H2,(H,13,16)(H,17,18). The fourth-order valence-corrected chi connectivity index (χ4v) is 1.61. The van der Waals surface area contributed by atoms with Crippen LogP contribution in [0.15, 0.2) is 36.5 Å². The van der Waals surface area contributed by atoms with Crippen LogP contribution < -0.4 is 10.7 Å². The highest BCUT2D eigenvalue weighted by Gasteiger charge is 2.04. The van der Waals surface area contributed by atoms with Gasteiger partial charge in [0.05, 0.1) is 5.52 Å². The zero-order valence-electron chi connectivity index (χ0n) is 9.59. The van der Waals surface area contributed by atoms with Gasteiger partial charge in [0.25, 0.3) is 0 Å². The summed E-state index contributed by atoms with van der Waals surface area (Å²) >= 11 is 0. The molecule has 1 aromatic heterocycles. The Morgan fingerprint density at radius 1 is 1.17 bits per heavy atom. The van der Waals surface area contributed by atoms with E-state index in [-0.39, 0.29) is 19.0 Å². The fourth-order valence-electron chi connectivity index (χ4n) is 1.61. The summed E-state index contributed by atoms with van der Waals surface area (Å²) in [5.74, 6) is -1.43. The lowest BCUT2D eigenvalue weighted by molar-refractivity contribution is -0.137. The van der Waals surface area contributed by atoms with Crippen LogP contribution in [0.25, 0.3) is 10.9 Å². The summed E-state index contributed by atoms with van der Waals surface area (Å²) in [6, 6.07) is 9.67. The van der Waals surface area contributed by atoms with E-state index in [1.165, 1.54) is 0 Å². The van der Waals surface area contributed by atoms with E-state index >= 15 is 0 Å². The number of fused-ring (bicyclic) bond motifs is 1. The number of carbonyl (C=O) groups excluding carboxylic acids is 1. The molecule has 2 rings (SSSR count). The molecule has 6 nitrogen and oxygen atoms in total. The summed E-state index contributed by atoms with van der Waals surface area (Å²) in [6.07, 6.45) is 1.81. The van der Waals surface area contributed by atoms with Gasteiger partial charge in [-0.1, -0.05) is 18.2 Å². The summed E-state index contributed by atoms with van der Waals surface area (Å²) in [4.78, 5) is 21.6. The van der Waals surface area contributed by atoms with Crippen molar-refractivity contribution in [2.24, 2.45) is 0 Å². The molecule has 0 saturated heterocycles. The average Bonchev–Trinajstić information content (AvgIpc) is 2.77. The largest absolute Gasteiger partial charge is 0.480 e. The number of carboxylic acid groups (broad SMARTS) is 1. The minimum Gasteiger partial charge on any atom is -0.480 e. The van der Waals surface area contributed by atoms with Gasteiger partial charge in [0, 0.05) is 11.6 Å². The van der Waals surface area contributed by atoms with Crippen LogP contribution in [-0.4, -0.2) is 34.7 Å². The molecule has 18 heavy (non-hydrogen) atoms. The molecule has 0 spiro atoms. The highest BCUT2D eigenvalue weighted by molar-refractivity contribution is 5.84. The lowest BCUT2D eigenvalue weighted by Crippen LogP contribution is -2.35. The van der Waals surface area contributed by atoms with Crippen molar-refractivity contribution in [1.82, 2.24) is 9.99 Å². The first-order chi connectivity index (χ1) is 8.66. The van der Waals surface area contributed by atoms with Gasteiger partial charge in [-0.3, -0.25) is 14.3 Å². The van der Waals surface area contributed by atoms with Crippen LogP contribution in [0.1, 0.15) is 0 Å². The topological polar surface area (TPSA) is 83.4 Å². The molecule has 1 amide bonds. The Labute approximate surface area is 103 Å². The Hall–Kier alpha value is -2.50. The third-order valence-corrected chi connectivity index (χ3v) is 2.45. The normalized spacial score (nSPS) is 10.2. The number of aliphatic carboxylic acids is 1. The first-order valence-electron chi connectivity index (χ1n) is 5.45. The number of hydrogen-bond donors (Lipinski definition) is 3. The van der Waals surface area contributed by atoms with E-state index < -0.39 is 5.97 Å². The summed E-state index contributed by atoms with van der Waals surface area (Å²) in [7, 11) is 0. The number of aromatic nitrogens is 1. The van der Waals surface area contributed by atoms with Gasteiger partial charge in [-0.2, -0.15) is 0 Å². The second-order valence-electron chi connectivity index (χ2n) is 3.75.